The van der Waals surface area contributed by atoms with Gasteiger partial charge in [0.1, 0.15) is 17.7 Å². The molecule has 3 heterocycles. The van der Waals surface area contributed by atoms with Crippen molar-refractivity contribution in [1.29, 1.82) is 5.26 Å². The van der Waals surface area contributed by atoms with Gasteiger partial charge in [-0.15, -0.1) is 0 Å². The third-order valence-electron chi connectivity index (χ3n) is 3.02. The maximum Gasteiger partial charge on any atom is 0.239 e. The van der Waals surface area contributed by atoms with E-state index in [1.54, 1.807) is 12.1 Å². The van der Waals surface area contributed by atoms with Crippen molar-refractivity contribution in [2.75, 3.05) is 0 Å². The summed E-state index contributed by atoms with van der Waals surface area (Å²) in [5, 5.41) is 11.7. The van der Waals surface area contributed by atoms with Crippen molar-refractivity contribution in [2.24, 2.45) is 21.6 Å². The molecule has 0 spiro atoms. The number of aliphatic imine (C=N–C) groups is 2. The predicted octanol–water partition coefficient (Wildman–Crippen LogP) is -0.139. The van der Waals surface area contributed by atoms with Crippen molar-refractivity contribution >= 4 is 35.0 Å². The second kappa shape index (κ2) is 4.43. The molecule has 0 aromatic carbocycles. The summed E-state index contributed by atoms with van der Waals surface area (Å²) in [6.45, 7) is 0. The number of nitrogens with zero attached hydrogens (tertiary/aromatic N) is 4. The molecule has 2 unspecified atom stereocenters. The minimum absolute atomic E-state index is 0.0291. The van der Waals surface area contributed by atoms with E-state index in [9.17, 15) is 10.1 Å². The fraction of sp³-hybridized carbons (Fsp3) is 0.182. The summed E-state index contributed by atoms with van der Waals surface area (Å²) in [4.78, 5) is 21.2. The lowest BCUT2D eigenvalue weighted by Crippen LogP contribution is -2.54. The summed E-state index contributed by atoms with van der Waals surface area (Å²) >= 11 is 4.85. The number of rotatable bonds is 1. The molecular weight excluding hydrogens is 280 g/mol. The third kappa shape index (κ3) is 1.74. The molecule has 1 aromatic rings. The SMILES string of the molecule is N#CN1C(N)=NC2=NC(=S)NC(=O)C2C1c1ccco1. The highest BCUT2D eigenvalue weighted by molar-refractivity contribution is 7.80. The minimum atomic E-state index is -0.806. The molecule has 0 fully saturated rings. The molecule has 2 aliphatic heterocycles. The Hall–Kier alpha value is -2.73. The molecule has 9 heteroatoms. The van der Waals surface area contributed by atoms with Gasteiger partial charge >= 0.3 is 0 Å². The molecule has 3 rings (SSSR count). The smallest absolute Gasteiger partial charge is 0.239 e. The van der Waals surface area contributed by atoms with Crippen LogP contribution in [-0.4, -0.2) is 27.7 Å². The van der Waals surface area contributed by atoms with Crippen molar-refractivity contribution in [3.8, 4) is 6.19 Å². The standard InChI is InChI=1S/C11H8N6O2S/c12-4-17-7(5-2-1-3-19-5)6-8(14-10(17)13)15-11(20)16-9(6)18/h1-3,6-7H,(H3,13,14,15,16,18,20). The Kier molecular flexibility index (Phi) is 2.73. The molecule has 8 nitrogen and oxygen atoms in total. The highest BCUT2D eigenvalue weighted by atomic mass is 32.1. The quantitative estimate of drug-likeness (QED) is 0.548. The van der Waals surface area contributed by atoms with Gasteiger partial charge in [0, 0.05) is 0 Å². The van der Waals surface area contributed by atoms with E-state index in [1.807, 2.05) is 6.19 Å². The Morgan fingerprint density at radius 1 is 1.55 bits per heavy atom. The number of carbonyl (C=O) groups excluding carboxylic acids is 1. The second-order valence-electron chi connectivity index (χ2n) is 4.14. The van der Waals surface area contributed by atoms with Gasteiger partial charge < -0.3 is 15.5 Å². The largest absolute Gasteiger partial charge is 0.467 e. The van der Waals surface area contributed by atoms with Gasteiger partial charge in [-0.25, -0.2) is 9.89 Å². The van der Waals surface area contributed by atoms with Crippen LogP contribution < -0.4 is 11.1 Å². The number of fused-ring (bicyclic) bond motifs is 1. The van der Waals surface area contributed by atoms with E-state index in [4.69, 9.17) is 22.4 Å². The van der Waals surface area contributed by atoms with Crippen LogP contribution in [0.1, 0.15) is 11.8 Å². The molecule has 0 saturated heterocycles. The first kappa shape index (κ1) is 12.3. The minimum Gasteiger partial charge on any atom is -0.467 e. The number of hydrogen-bond acceptors (Lipinski definition) is 7. The van der Waals surface area contributed by atoms with Crippen LogP contribution in [0.2, 0.25) is 0 Å². The summed E-state index contributed by atoms with van der Waals surface area (Å²) < 4.78 is 5.31. The van der Waals surface area contributed by atoms with Gasteiger partial charge in [0.15, 0.2) is 12.0 Å². The van der Waals surface area contributed by atoms with E-state index in [0.717, 1.165) is 4.90 Å². The molecule has 1 aromatic heterocycles. The van der Waals surface area contributed by atoms with Crippen LogP contribution in [0.3, 0.4) is 0 Å². The van der Waals surface area contributed by atoms with Crippen LogP contribution in [0.25, 0.3) is 0 Å². The molecule has 2 aliphatic rings. The number of carbonyl (C=O) groups is 1. The fourth-order valence-electron chi connectivity index (χ4n) is 2.21. The highest BCUT2D eigenvalue weighted by Crippen LogP contribution is 2.34. The normalized spacial score (nSPS) is 25.2. The molecule has 100 valence electrons. The second-order valence-corrected chi connectivity index (χ2v) is 4.53. The number of nitrogens with two attached hydrogens (primary N) is 1. The van der Waals surface area contributed by atoms with E-state index >= 15 is 0 Å². The topological polar surface area (TPSA) is 120 Å². The maximum absolute atomic E-state index is 12.1. The number of amidine groups is 1. The van der Waals surface area contributed by atoms with Crippen LogP contribution in [0.15, 0.2) is 32.8 Å². The molecule has 2 atom stereocenters. The molecular formula is C11H8N6O2S. The van der Waals surface area contributed by atoms with Gasteiger partial charge in [0.25, 0.3) is 0 Å². The zero-order chi connectivity index (χ0) is 14.3. The summed E-state index contributed by atoms with van der Waals surface area (Å²) in [5.41, 5.74) is 5.74. The van der Waals surface area contributed by atoms with Gasteiger partial charge in [-0.3, -0.25) is 4.79 Å². The van der Waals surface area contributed by atoms with Crippen LogP contribution in [-0.2, 0) is 4.79 Å². The van der Waals surface area contributed by atoms with Gasteiger partial charge in [0.05, 0.1) is 6.26 Å². The first-order valence-corrected chi connectivity index (χ1v) is 6.02. The zero-order valence-corrected chi connectivity index (χ0v) is 10.8. The van der Waals surface area contributed by atoms with E-state index < -0.39 is 17.9 Å². The zero-order valence-electron chi connectivity index (χ0n) is 9.98. The van der Waals surface area contributed by atoms with Gasteiger partial charge in [-0.05, 0) is 24.4 Å². The molecule has 20 heavy (non-hydrogen) atoms. The Labute approximate surface area is 118 Å². The summed E-state index contributed by atoms with van der Waals surface area (Å²) in [5.74, 6) is -0.645. The molecule has 0 radical (unpaired) electrons. The highest BCUT2D eigenvalue weighted by Gasteiger charge is 2.46. The first-order valence-electron chi connectivity index (χ1n) is 5.61. The van der Waals surface area contributed by atoms with Crippen molar-refractivity contribution in [1.82, 2.24) is 10.2 Å². The summed E-state index contributed by atoms with van der Waals surface area (Å²) in [6.07, 6.45) is 3.36. The number of hydrogen-bond donors (Lipinski definition) is 2. The lowest BCUT2D eigenvalue weighted by atomic mass is 9.92. The Morgan fingerprint density at radius 3 is 3.00 bits per heavy atom. The maximum atomic E-state index is 12.1. The Morgan fingerprint density at radius 2 is 2.35 bits per heavy atom. The molecule has 1 amide bonds. The monoisotopic (exact) mass is 288 g/mol. The lowest BCUT2D eigenvalue weighted by molar-refractivity contribution is -0.123. The molecule has 3 N–H and O–H groups in total. The van der Waals surface area contributed by atoms with Crippen molar-refractivity contribution in [3.63, 3.8) is 0 Å². The van der Waals surface area contributed by atoms with Crippen LogP contribution >= 0.6 is 12.2 Å². The predicted molar refractivity (Wildman–Crippen MR) is 72.2 cm³/mol. The average Bonchev–Trinajstić information content (AvgIpc) is 2.90. The van der Waals surface area contributed by atoms with E-state index in [-0.39, 0.29) is 16.9 Å². The molecule has 0 aliphatic carbocycles. The van der Waals surface area contributed by atoms with Crippen LogP contribution in [0, 0.1) is 17.4 Å². The van der Waals surface area contributed by atoms with Gasteiger partial charge in [0.2, 0.25) is 17.0 Å². The summed E-state index contributed by atoms with van der Waals surface area (Å²) in [6, 6.07) is 2.59. The van der Waals surface area contributed by atoms with Crippen LogP contribution in [0.5, 0.6) is 0 Å². The first-order chi connectivity index (χ1) is 9.61. The number of thiocarbonyl (C=S) groups is 1. The van der Waals surface area contributed by atoms with Crippen molar-refractivity contribution in [2.45, 2.75) is 6.04 Å². The molecule has 0 bridgehead atoms. The van der Waals surface area contributed by atoms with E-state index in [1.165, 1.54) is 6.26 Å². The summed E-state index contributed by atoms with van der Waals surface area (Å²) in [7, 11) is 0. The number of furan rings is 1. The number of nitriles is 1. The number of amides is 1. The Bertz CT molecular complexity index is 686. The molecule has 0 saturated carbocycles. The third-order valence-corrected chi connectivity index (χ3v) is 3.21. The van der Waals surface area contributed by atoms with Crippen molar-refractivity contribution in [3.05, 3.63) is 24.2 Å². The number of nitrogens with one attached hydrogen (secondary N) is 1. The van der Waals surface area contributed by atoms with Gasteiger partial charge in [-0.2, -0.15) is 10.3 Å². The van der Waals surface area contributed by atoms with Crippen molar-refractivity contribution < 1.29 is 9.21 Å². The van der Waals surface area contributed by atoms with E-state index in [0.29, 0.717) is 5.76 Å². The van der Waals surface area contributed by atoms with E-state index in [2.05, 4.69) is 15.3 Å². The lowest BCUT2D eigenvalue weighted by Gasteiger charge is -2.35. The van der Waals surface area contributed by atoms with Gasteiger partial charge in [-0.1, -0.05) is 0 Å². The average molecular weight is 288 g/mol. The Balaban J connectivity index is 2.18. The van der Waals surface area contributed by atoms with Crippen LogP contribution in [0.4, 0.5) is 0 Å². The number of guanidine groups is 1. The fourth-order valence-corrected chi connectivity index (χ4v) is 2.40.